The van der Waals surface area contributed by atoms with Crippen LogP contribution in [0.2, 0.25) is 0 Å². The SMILES string of the molecule is COc1ccc2[nH]c(=O)n(CC3CCC(c4nnc(-c5ccncc5)o4)CC3)c2c1. The molecule has 3 heterocycles. The van der Waals surface area contributed by atoms with Gasteiger partial charge in [-0.3, -0.25) is 9.55 Å². The second-order valence-electron chi connectivity index (χ2n) is 7.82. The van der Waals surface area contributed by atoms with Gasteiger partial charge in [0.25, 0.3) is 0 Å². The van der Waals surface area contributed by atoms with Crippen molar-refractivity contribution in [2.24, 2.45) is 5.92 Å². The van der Waals surface area contributed by atoms with Crippen molar-refractivity contribution in [3.63, 3.8) is 0 Å². The number of imidazole rings is 1. The summed E-state index contributed by atoms with van der Waals surface area (Å²) in [4.78, 5) is 19.4. The summed E-state index contributed by atoms with van der Waals surface area (Å²) in [6, 6.07) is 9.39. The Morgan fingerprint density at radius 1 is 1.13 bits per heavy atom. The van der Waals surface area contributed by atoms with Crippen LogP contribution in [0.3, 0.4) is 0 Å². The van der Waals surface area contributed by atoms with Gasteiger partial charge < -0.3 is 14.1 Å². The fourth-order valence-electron chi connectivity index (χ4n) is 4.30. The number of nitrogens with zero attached hydrogens (tertiary/aromatic N) is 4. The first-order valence-corrected chi connectivity index (χ1v) is 10.2. The second kappa shape index (κ2) is 7.78. The predicted octanol–water partition coefficient (Wildman–Crippen LogP) is 3.76. The third-order valence-electron chi connectivity index (χ3n) is 5.99. The molecule has 30 heavy (non-hydrogen) atoms. The van der Waals surface area contributed by atoms with Crippen molar-refractivity contribution in [1.82, 2.24) is 24.7 Å². The number of rotatable bonds is 5. The summed E-state index contributed by atoms with van der Waals surface area (Å²) in [6.07, 6.45) is 7.41. The topological polar surface area (TPSA) is 98.8 Å². The van der Waals surface area contributed by atoms with Gasteiger partial charge in [0.15, 0.2) is 0 Å². The fourth-order valence-corrected chi connectivity index (χ4v) is 4.30. The molecule has 0 radical (unpaired) electrons. The number of aromatic amines is 1. The minimum atomic E-state index is -0.0701. The molecule has 0 bridgehead atoms. The van der Waals surface area contributed by atoms with Gasteiger partial charge in [-0.15, -0.1) is 10.2 Å². The zero-order valence-electron chi connectivity index (χ0n) is 16.7. The molecular weight excluding hydrogens is 382 g/mol. The van der Waals surface area contributed by atoms with E-state index < -0.39 is 0 Å². The smallest absolute Gasteiger partial charge is 0.326 e. The van der Waals surface area contributed by atoms with Crippen LogP contribution in [-0.2, 0) is 6.54 Å². The lowest BCUT2D eigenvalue weighted by atomic mass is 9.82. The molecule has 0 spiro atoms. The standard InChI is InChI=1S/C22H23N5O3/c1-29-17-6-7-18-19(12-17)27(22(28)24-18)13-14-2-4-15(5-3-14)20-25-26-21(30-20)16-8-10-23-11-9-16/h6-12,14-15H,2-5,13H2,1H3,(H,24,28). The maximum atomic E-state index is 12.5. The van der Waals surface area contributed by atoms with Crippen LogP contribution in [0.25, 0.3) is 22.5 Å². The Labute approximate surface area is 172 Å². The Morgan fingerprint density at radius 3 is 2.70 bits per heavy atom. The third-order valence-corrected chi connectivity index (χ3v) is 5.99. The van der Waals surface area contributed by atoms with Crippen LogP contribution < -0.4 is 10.4 Å². The summed E-state index contributed by atoms with van der Waals surface area (Å²) in [5, 5.41) is 8.48. The number of H-pyrrole nitrogens is 1. The zero-order chi connectivity index (χ0) is 20.5. The third kappa shape index (κ3) is 3.49. The minimum absolute atomic E-state index is 0.0701. The molecule has 1 saturated carbocycles. The molecule has 1 aromatic carbocycles. The molecule has 0 amide bonds. The number of hydrogen-bond donors (Lipinski definition) is 1. The Morgan fingerprint density at radius 2 is 1.93 bits per heavy atom. The van der Waals surface area contributed by atoms with E-state index in [9.17, 15) is 4.79 Å². The van der Waals surface area contributed by atoms with E-state index in [1.165, 1.54) is 0 Å². The number of pyridine rings is 1. The van der Waals surface area contributed by atoms with Gasteiger partial charge in [0, 0.05) is 36.5 Å². The van der Waals surface area contributed by atoms with Crippen molar-refractivity contribution in [2.45, 2.75) is 38.1 Å². The van der Waals surface area contributed by atoms with Gasteiger partial charge in [-0.2, -0.15) is 0 Å². The van der Waals surface area contributed by atoms with E-state index in [0.717, 1.165) is 48.0 Å². The van der Waals surface area contributed by atoms with Gasteiger partial charge in [-0.25, -0.2) is 4.79 Å². The number of nitrogens with one attached hydrogen (secondary N) is 1. The Hall–Kier alpha value is -3.42. The predicted molar refractivity (Wildman–Crippen MR) is 111 cm³/mol. The largest absolute Gasteiger partial charge is 0.497 e. The molecule has 1 aliphatic rings. The lowest BCUT2D eigenvalue weighted by Gasteiger charge is -2.26. The number of fused-ring (bicyclic) bond motifs is 1. The summed E-state index contributed by atoms with van der Waals surface area (Å²) >= 11 is 0. The summed E-state index contributed by atoms with van der Waals surface area (Å²) in [7, 11) is 1.63. The van der Waals surface area contributed by atoms with Crippen LogP contribution in [0, 0.1) is 5.92 Å². The highest BCUT2D eigenvalue weighted by Crippen LogP contribution is 2.37. The zero-order valence-corrected chi connectivity index (χ0v) is 16.7. The van der Waals surface area contributed by atoms with Gasteiger partial charge in [0.1, 0.15) is 5.75 Å². The van der Waals surface area contributed by atoms with Gasteiger partial charge in [-0.1, -0.05) is 0 Å². The molecule has 1 fully saturated rings. The number of methoxy groups -OCH3 is 1. The molecule has 8 heteroatoms. The average Bonchev–Trinajstić information content (AvgIpc) is 3.40. The summed E-state index contributed by atoms with van der Waals surface area (Å²) in [6.45, 7) is 0.699. The first-order chi connectivity index (χ1) is 14.7. The number of hydrogen-bond acceptors (Lipinski definition) is 6. The van der Waals surface area contributed by atoms with Crippen molar-refractivity contribution >= 4 is 11.0 Å². The number of ether oxygens (including phenoxy) is 1. The van der Waals surface area contributed by atoms with E-state index >= 15 is 0 Å². The van der Waals surface area contributed by atoms with E-state index in [2.05, 4.69) is 20.2 Å². The van der Waals surface area contributed by atoms with E-state index in [-0.39, 0.29) is 11.6 Å². The maximum absolute atomic E-state index is 12.5. The van der Waals surface area contributed by atoms with Crippen LogP contribution in [0.1, 0.15) is 37.5 Å². The van der Waals surface area contributed by atoms with Crippen LogP contribution in [-0.4, -0.2) is 31.8 Å². The van der Waals surface area contributed by atoms with Crippen molar-refractivity contribution < 1.29 is 9.15 Å². The fraction of sp³-hybridized carbons (Fsp3) is 0.364. The molecular formula is C22H23N5O3. The van der Waals surface area contributed by atoms with E-state index in [4.69, 9.17) is 9.15 Å². The maximum Gasteiger partial charge on any atom is 0.326 e. The molecule has 3 aromatic heterocycles. The van der Waals surface area contributed by atoms with E-state index in [0.29, 0.717) is 24.2 Å². The van der Waals surface area contributed by atoms with E-state index in [1.807, 2.05) is 34.9 Å². The monoisotopic (exact) mass is 405 g/mol. The lowest BCUT2D eigenvalue weighted by Crippen LogP contribution is -2.24. The van der Waals surface area contributed by atoms with E-state index in [1.54, 1.807) is 19.5 Å². The van der Waals surface area contributed by atoms with Crippen LogP contribution in [0.4, 0.5) is 0 Å². The molecule has 8 nitrogen and oxygen atoms in total. The molecule has 0 atom stereocenters. The summed E-state index contributed by atoms with van der Waals surface area (Å²) in [5.74, 6) is 2.69. The van der Waals surface area contributed by atoms with Crippen molar-refractivity contribution in [3.8, 4) is 17.2 Å². The Kier molecular flexibility index (Phi) is 4.82. The van der Waals surface area contributed by atoms with Gasteiger partial charge in [0.05, 0.1) is 18.1 Å². The van der Waals surface area contributed by atoms with Crippen LogP contribution in [0.15, 0.2) is 51.9 Å². The van der Waals surface area contributed by atoms with Crippen LogP contribution >= 0.6 is 0 Å². The molecule has 0 unspecified atom stereocenters. The molecule has 0 saturated heterocycles. The number of benzene rings is 1. The molecule has 1 aliphatic carbocycles. The first-order valence-electron chi connectivity index (χ1n) is 10.2. The minimum Gasteiger partial charge on any atom is -0.497 e. The second-order valence-corrected chi connectivity index (χ2v) is 7.82. The van der Waals surface area contributed by atoms with Crippen molar-refractivity contribution in [1.29, 1.82) is 0 Å². The Balaban J connectivity index is 1.27. The van der Waals surface area contributed by atoms with Crippen molar-refractivity contribution in [3.05, 3.63) is 59.1 Å². The molecule has 4 aromatic rings. The van der Waals surface area contributed by atoms with Gasteiger partial charge in [0.2, 0.25) is 11.8 Å². The summed E-state index contributed by atoms with van der Waals surface area (Å²) in [5.41, 5.74) is 2.54. The first kappa shape index (κ1) is 18.6. The highest BCUT2D eigenvalue weighted by Gasteiger charge is 2.27. The van der Waals surface area contributed by atoms with Gasteiger partial charge in [-0.05, 0) is 55.9 Å². The number of aromatic nitrogens is 5. The quantitative estimate of drug-likeness (QED) is 0.543. The average molecular weight is 405 g/mol. The summed E-state index contributed by atoms with van der Waals surface area (Å²) < 4.78 is 13.1. The highest BCUT2D eigenvalue weighted by atomic mass is 16.5. The molecule has 5 rings (SSSR count). The molecule has 154 valence electrons. The van der Waals surface area contributed by atoms with Crippen LogP contribution in [0.5, 0.6) is 5.75 Å². The Bertz CT molecular complexity index is 1200. The van der Waals surface area contributed by atoms with Crippen molar-refractivity contribution in [2.75, 3.05) is 7.11 Å². The van der Waals surface area contributed by atoms with Gasteiger partial charge >= 0.3 is 5.69 Å². The lowest BCUT2D eigenvalue weighted by molar-refractivity contribution is 0.270. The normalized spacial score (nSPS) is 19.2. The molecule has 0 aliphatic heterocycles. The molecule has 1 N–H and O–H groups in total. The highest BCUT2D eigenvalue weighted by molar-refractivity contribution is 5.77.